The highest BCUT2D eigenvalue weighted by Crippen LogP contribution is 2.27. The van der Waals surface area contributed by atoms with Crippen LogP contribution in [-0.2, 0) is 9.53 Å². The molecular weight excluding hydrogens is 274 g/mol. The van der Waals surface area contributed by atoms with E-state index in [2.05, 4.69) is 6.92 Å². The summed E-state index contributed by atoms with van der Waals surface area (Å²) in [6.07, 6.45) is 17.4. The number of hydrogen-bond donors (Lipinski definition) is 1. The monoisotopic (exact) mass is 311 g/mol. The Morgan fingerprint density at radius 3 is 2.36 bits per heavy atom. The van der Waals surface area contributed by atoms with E-state index < -0.39 is 0 Å². The number of ether oxygens (including phenoxy) is 1. The van der Waals surface area contributed by atoms with Crippen LogP contribution in [0.4, 0.5) is 0 Å². The average molecular weight is 312 g/mol. The first kappa shape index (κ1) is 19.5. The van der Waals surface area contributed by atoms with Gasteiger partial charge in [0.1, 0.15) is 0 Å². The van der Waals surface area contributed by atoms with Gasteiger partial charge in [0.2, 0.25) is 0 Å². The molecule has 0 aromatic rings. The van der Waals surface area contributed by atoms with Crippen LogP contribution < -0.4 is 5.73 Å². The molecular formula is C19H37NO2. The fraction of sp³-hybridized carbons (Fsp3) is 0.947. The Morgan fingerprint density at radius 1 is 1.05 bits per heavy atom. The van der Waals surface area contributed by atoms with Gasteiger partial charge in [-0.25, -0.2) is 0 Å². The molecule has 0 amide bonds. The summed E-state index contributed by atoms with van der Waals surface area (Å²) in [4.78, 5) is 11.7. The highest BCUT2D eigenvalue weighted by atomic mass is 16.6. The number of hydrogen-bond acceptors (Lipinski definition) is 3. The Bertz CT molecular complexity index is 275. The molecule has 0 radical (unpaired) electrons. The summed E-state index contributed by atoms with van der Waals surface area (Å²) in [5, 5.41) is 0. The summed E-state index contributed by atoms with van der Waals surface area (Å²) in [6.45, 7) is 2.23. The molecule has 0 aromatic carbocycles. The van der Waals surface area contributed by atoms with Crippen LogP contribution in [0.1, 0.15) is 103 Å². The van der Waals surface area contributed by atoms with Crippen molar-refractivity contribution in [3.63, 3.8) is 0 Å². The second kappa shape index (κ2) is 12.9. The van der Waals surface area contributed by atoms with E-state index in [0.717, 1.165) is 31.6 Å². The molecule has 3 nitrogen and oxygen atoms in total. The maximum atomic E-state index is 11.7. The molecule has 1 aliphatic carbocycles. The van der Waals surface area contributed by atoms with E-state index in [1.165, 1.54) is 64.2 Å². The zero-order valence-corrected chi connectivity index (χ0v) is 14.7. The number of unbranched alkanes of at least 4 members (excludes halogenated alkanes) is 6. The van der Waals surface area contributed by atoms with Gasteiger partial charge in [0, 0.05) is 6.42 Å². The molecule has 1 saturated carbocycles. The summed E-state index contributed by atoms with van der Waals surface area (Å²) in [7, 11) is 0. The molecule has 1 atom stereocenters. The summed E-state index contributed by atoms with van der Waals surface area (Å²) < 4.78 is 5.33. The molecule has 3 heteroatoms. The largest absolute Gasteiger partial charge is 0.447 e. The summed E-state index contributed by atoms with van der Waals surface area (Å²) in [5.41, 5.74) is 5.93. The Balaban J connectivity index is 1.94. The molecule has 130 valence electrons. The van der Waals surface area contributed by atoms with Crippen molar-refractivity contribution in [1.82, 2.24) is 0 Å². The van der Waals surface area contributed by atoms with Gasteiger partial charge in [-0.2, -0.15) is 0 Å². The Labute approximate surface area is 137 Å². The topological polar surface area (TPSA) is 52.3 Å². The Morgan fingerprint density at radius 2 is 1.68 bits per heavy atom. The third-order valence-corrected chi connectivity index (χ3v) is 4.85. The van der Waals surface area contributed by atoms with Crippen molar-refractivity contribution in [2.75, 3.05) is 0 Å². The van der Waals surface area contributed by atoms with Gasteiger partial charge in [0.25, 0.3) is 0 Å². The Hall–Kier alpha value is -0.570. The van der Waals surface area contributed by atoms with E-state index >= 15 is 0 Å². The van der Waals surface area contributed by atoms with Crippen LogP contribution in [0.25, 0.3) is 0 Å². The maximum absolute atomic E-state index is 11.7. The first-order chi connectivity index (χ1) is 10.7. The van der Waals surface area contributed by atoms with Gasteiger partial charge >= 0.3 is 5.97 Å². The SMILES string of the molecule is CCCCCCCCCC(=O)OC(N)CCC1CCCCC1. The molecule has 1 unspecified atom stereocenters. The molecule has 0 aliphatic heterocycles. The van der Waals surface area contributed by atoms with E-state index in [-0.39, 0.29) is 12.2 Å². The van der Waals surface area contributed by atoms with Gasteiger partial charge in [0.15, 0.2) is 6.23 Å². The summed E-state index contributed by atoms with van der Waals surface area (Å²) in [5.74, 6) is 0.700. The highest BCUT2D eigenvalue weighted by molar-refractivity contribution is 5.69. The second-order valence-electron chi connectivity index (χ2n) is 6.98. The third kappa shape index (κ3) is 10.2. The number of nitrogens with two attached hydrogens (primary N) is 1. The zero-order valence-electron chi connectivity index (χ0n) is 14.7. The number of carbonyl (C=O) groups is 1. The van der Waals surface area contributed by atoms with Crippen LogP contribution >= 0.6 is 0 Å². The standard InChI is InChI=1S/C19H37NO2/c1-2-3-4-5-6-7-11-14-19(21)22-18(20)16-15-17-12-9-8-10-13-17/h17-18H,2-16,20H2,1H3. The van der Waals surface area contributed by atoms with E-state index in [9.17, 15) is 4.79 Å². The van der Waals surface area contributed by atoms with Crippen LogP contribution in [0.5, 0.6) is 0 Å². The van der Waals surface area contributed by atoms with E-state index in [4.69, 9.17) is 10.5 Å². The Kier molecular flexibility index (Phi) is 11.4. The molecule has 0 aromatic heterocycles. The number of rotatable bonds is 12. The minimum Gasteiger partial charge on any atom is -0.447 e. The third-order valence-electron chi connectivity index (χ3n) is 4.85. The van der Waals surface area contributed by atoms with Gasteiger partial charge in [-0.15, -0.1) is 0 Å². The van der Waals surface area contributed by atoms with Crippen LogP contribution in [0, 0.1) is 5.92 Å². The quantitative estimate of drug-likeness (QED) is 0.301. The molecule has 2 N–H and O–H groups in total. The normalized spacial score (nSPS) is 17.4. The van der Waals surface area contributed by atoms with Gasteiger partial charge in [0.05, 0.1) is 0 Å². The van der Waals surface area contributed by atoms with Crippen molar-refractivity contribution in [1.29, 1.82) is 0 Å². The van der Waals surface area contributed by atoms with E-state index in [1.807, 2.05) is 0 Å². The molecule has 22 heavy (non-hydrogen) atoms. The van der Waals surface area contributed by atoms with Crippen LogP contribution in [0.2, 0.25) is 0 Å². The van der Waals surface area contributed by atoms with Crippen LogP contribution in [-0.4, -0.2) is 12.2 Å². The molecule has 1 aliphatic rings. The minimum atomic E-state index is -0.390. The lowest BCUT2D eigenvalue weighted by Gasteiger charge is -2.22. The predicted molar refractivity (Wildman–Crippen MR) is 92.5 cm³/mol. The highest BCUT2D eigenvalue weighted by Gasteiger charge is 2.16. The van der Waals surface area contributed by atoms with Crippen molar-refractivity contribution < 1.29 is 9.53 Å². The molecule has 0 spiro atoms. The van der Waals surface area contributed by atoms with Crippen LogP contribution in [0.3, 0.4) is 0 Å². The van der Waals surface area contributed by atoms with Gasteiger partial charge in [-0.3, -0.25) is 10.5 Å². The fourth-order valence-corrected chi connectivity index (χ4v) is 3.39. The maximum Gasteiger partial charge on any atom is 0.307 e. The first-order valence-electron chi connectivity index (χ1n) is 9.67. The lowest BCUT2D eigenvalue weighted by atomic mass is 9.86. The molecule has 0 bridgehead atoms. The average Bonchev–Trinajstić information content (AvgIpc) is 2.53. The summed E-state index contributed by atoms with van der Waals surface area (Å²) in [6, 6.07) is 0. The molecule has 1 fully saturated rings. The molecule has 0 heterocycles. The number of esters is 1. The van der Waals surface area contributed by atoms with Crippen molar-refractivity contribution >= 4 is 5.97 Å². The first-order valence-corrected chi connectivity index (χ1v) is 9.67. The van der Waals surface area contributed by atoms with Crippen LogP contribution in [0.15, 0.2) is 0 Å². The van der Waals surface area contributed by atoms with Crippen molar-refractivity contribution in [2.45, 2.75) is 109 Å². The minimum absolute atomic E-state index is 0.107. The van der Waals surface area contributed by atoms with Gasteiger partial charge < -0.3 is 4.74 Å². The lowest BCUT2D eigenvalue weighted by Crippen LogP contribution is -2.28. The predicted octanol–water partition coefficient (Wildman–Crippen LogP) is 5.32. The van der Waals surface area contributed by atoms with Gasteiger partial charge in [-0.05, 0) is 25.2 Å². The van der Waals surface area contributed by atoms with E-state index in [1.54, 1.807) is 0 Å². The van der Waals surface area contributed by atoms with Gasteiger partial charge in [-0.1, -0.05) is 77.6 Å². The smallest absolute Gasteiger partial charge is 0.307 e. The van der Waals surface area contributed by atoms with Crippen molar-refractivity contribution in [3.05, 3.63) is 0 Å². The fourth-order valence-electron chi connectivity index (χ4n) is 3.39. The molecule has 0 saturated heterocycles. The summed E-state index contributed by atoms with van der Waals surface area (Å²) >= 11 is 0. The zero-order chi connectivity index (χ0) is 16.0. The second-order valence-corrected chi connectivity index (χ2v) is 6.98. The van der Waals surface area contributed by atoms with Crippen molar-refractivity contribution in [2.24, 2.45) is 11.7 Å². The van der Waals surface area contributed by atoms with Crippen molar-refractivity contribution in [3.8, 4) is 0 Å². The molecule has 1 rings (SSSR count). The van der Waals surface area contributed by atoms with E-state index in [0.29, 0.717) is 6.42 Å². The number of carbonyl (C=O) groups excluding carboxylic acids is 1. The lowest BCUT2D eigenvalue weighted by molar-refractivity contribution is -0.149.